The Morgan fingerprint density at radius 2 is 1.64 bits per heavy atom. The molecule has 3 aromatic rings. The molecule has 1 amide bonds. The molecule has 124 valence electrons. The van der Waals surface area contributed by atoms with Crippen molar-refractivity contribution in [2.24, 2.45) is 0 Å². The van der Waals surface area contributed by atoms with Gasteiger partial charge in [0.2, 0.25) is 5.91 Å². The van der Waals surface area contributed by atoms with Crippen LogP contribution in [0.4, 0.5) is 5.69 Å². The van der Waals surface area contributed by atoms with Gasteiger partial charge in [-0.3, -0.25) is 9.78 Å². The number of nitrogens with zero attached hydrogens (tertiary/aromatic N) is 1. The Morgan fingerprint density at radius 1 is 0.960 bits per heavy atom. The number of halogens is 1. The Bertz CT molecular complexity index is 883. The Labute approximate surface area is 152 Å². The van der Waals surface area contributed by atoms with E-state index in [4.69, 9.17) is 11.6 Å². The second-order valence-electron chi connectivity index (χ2n) is 5.67. The van der Waals surface area contributed by atoms with Crippen LogP contribution in [0.3, 0.4) is 0 Å². The van der Waals surface area contributed by atoms with Crippen LogP contribution in [0.15, 0.2) is 72.9 Å². The highest BCUT2D eigenvalue weighted by molar-refractivity contribution is 6.30. The molecule has 1 aromatic heterocycles. The van der Waals surface area contributed by atoms with Crippen LogP contribution in [0, 0.1) is 6.92 Å². The lowest BCUT2D eigenvalue weighted by molar-refractivity contribution is -0.111. The second-order valence-corrected chi connectivity index (χ2v) is 6.10. The van der Waals surface area contributed by atoms with E-state index in [-0.39, 0.29) is 5.91 Å². The van der Waals surface area contributed by atoms with Crippen molar-refractivity contribution in [3.05, 3.63) is 89.2 Å². The fraction of sp³-hybridized carbons (Fsp3) is 0.0476. The molecule has 2 aromatic carbocycles. The van der Waals surface area contributed by atoms with E-state index in [1.54, 1.807) is 12.3 Å². The molecule has 3 rings (SSSR count). The lowest BCUT2D eigenvalue weighted by Crippen LogP contribution is -2.07. The van der Waals surface area contributed by atoms with E-state index in [0.29, 0.717) is 5.02 Å². The molecule has 0 radical (unpaired) electrons. The van der Waals surface area contributed by atoms with Crippen LogP contribution in [0.1, 0.15) is 11.3 Å². The Kier molecular flexibility index (Phi) is 5.26. The number of hydrogen-bond donors (Lipinski definition) is 1. The molecule has 0 aliphatic carbocycles. The molecule has 4 heteroatoms. The van der Waals surface area contributed by atoms with Gasteiger partial charge in [-0.25, -0.2) is 0 Å². The summed E-state index contributed by atoms with van der Waals surface area (Å²) in [7, 11) is 0. The quantitative estimate of drug-likeness (QED) is 0.645. The highest BCUT2D eigenvalue weighted by Gasteiger charge is 2.00. The van der Waals surface area contributed by atoms with E-state index in [9.17, 15) is 4.79 Å². The average molecular weight is 349 g/mol. The lowest BCUT2D eigenvalue weighted by Gasteiger charge is -2.03. The van der Waals surface area contributed by atoms with Gasteiger partial charge in [-0.1, -0.05) is 47.5 Å². The molecule has 0 atom stereocenters. The highest BCUT2D eigenvalue weighted by Crippen LogP contribution is 2.21. The molecule has 0 saturated heterocycles. The second kappa shape index (κ2) is 7.77. The van der Waals surface area contributed by atoms with Gasteiger partial charge in [0.25, 0.3) is 0 Å². The van der Waals surface area contributed by atoms with Crippen molar-refractivity contribution in [3.63, 3.8) is 0 Å². The third-order valence-electron chi connectivity index (χ3n) is 3.69. The smallest absolute Gasteiger partial charge is 0.248 e. The van der Waals surface area contributed by atoms with Gasteiger partial charge in [-0.05, 0) is 48.9 Å². The van der Waals surface area contributed by atoms with Gasteiger partial charge < -0.3 is 5.32 Å². The monoisotopic (exact) mass is 348 g/mol. The number of benzene rings is 2. The number of nitrogens with one attached hydrogen (secondary N) is 1. The fourth-order valence-electron chi connectivity index (χ4n) is 2.30. The SMILES string of the molecule is Cc1ccc(NC(=O)/C=C/c2ccc(-c3ccc(Cl)cc3)cn2)cc1. The summed E-state index contributed by atoms with van der Waals surface area (Å²) in [6.45, 7) is 2.00. The maximum absolute atomic E-state index is 12.0. The van der Waals surface area contributed by atoms with Crippen LogP contribution >= 0.6 is 11.6 Å². The van der Waals surface area contributed by atoms with Crippen molar-refractivity contribution >= 4 is 29.3 Å². The van der Waals surface area contributed by atoms with E-state index in [0.717, 1.165) is 28.1 Å². The summed E-state index contributed by atoms with van der Waals surface area (Å²) in [5.74, 6) is -0.188. The van der Waals surface area contributed by atoms with Crippen LogP contribution in [0.25, 0.3) is 17.2 Å². The minimum atomic E-state index is -0.188. The average Bonchev–Trinajstić information content (AvgIpc) is 2.63. The summed E-state index contributed by atoms with van der Waals surface area (Å²) in [5, 5.41) is 3.52. The van der Waals surface area contributed by atoms with E-state index in [2.05, 4.69) is 10.3 Å². The van der Waals surface area contributed by atoms with Crippen molar-refractivity contribution in [3.8, 4) is 11.1 Å². The fourth-order valence-corrected chi connectivity index (χ4v) is 2.42. The highest BCUT2D eigenvalue weighted by atomic mass is 35.5. The number of aromatic nitrogens is 1. The number of carbonyl (C=O) groups is 1. The van der Waals surface area contributed by atoms with Crippen molar-refractivity contribution in [2.75, 3.05) is 5.32 Å². The maximum atomic E-state index is 12.0. The molecular weight excluding hydrogens is 332 g/mol. The zero-order valence-corrected chi connectivity index (χ0v) is 14.5. The third-order valence-corrected chi connectivity index (χ3v) is 3.94. The lowest BCUT2D eigenvalue weighted by atomic mass is 10.1. The number of pyridine rings is 1. The minimum absolute atomic E-state index is 0.188. The van der Waals surface area contributed by atoms with Gasteiger partial charge in [0, 0.05) is 28.5 Å². The summed E-state index contributed by atoms with van der Waals surface area (Å²) in [5.41, 5.74) is 4.68. The summed E-state index contributed by atoms with van der Waals surface area (Å²) >= 11 is 5.90. The number of carbonyl (C=O) groups excluding carboxylic acids is 1. The van der Waals surface area contributed by atoms with Gasteiger partial charge >= 0.3 is 0 Å². The number of amides is 1. The molecule has 3 nitrogen and oxygen atoms in total. The molecule has 0 spiro atoms. The summed E-state index contributed by atoms with van der Waals surface area (Å²) in [6.07, 6.45) is 4.94. The first-order chi connectivity index (χ1) is 12.1. The van der Waals surface area contributed by atoms with E-state index < -0.39 is 0 Å². The molecule has 25 heavy (non-hydrogen) atoms. The first kappa shape index (κ1) is 16.9. The van der Waals surface area contributed by atoms with Crippen LogP contribution in [-0.4, -0.2) is 10.9 Å². The molecule has 0 aliphatic heterocycles. The molecule has 0 saturated carbocycles. The zero-order valence-electron chi connectivity index (χ0n) is 13.7. The van der Waals surface area contributed by atoms with Gasteiger partial charge in [0.15, 0.2) is 0 Å². The largest absolute Gasteiger partial charge is 0.323 e. The van der Waals surface area contributed by atoms with E-state index in [1.165, 1.54) is 6.08 Å². The van der Waals surface area contributed by atoms with Crippen molar-refractivity contribution in [1.29, 1.82) is 0 Å². The minimum Gasteiger partial charge on any atom is -0.323 e. The summed E-state index contributed by atoms with van der Waals surface area (Å²) < 4.78 is 0. The normalized spacial score (nSPS) is 10.8. The maximum Gasteiger partial charge on any atom is 0.248 e. The molecular formula is C21H17ClN2O. The van der Waals surface area contributed by atoms with Gasteiger partial charge in [-0.15, -0.1) is 0 Å². The van der Waals surface area contributed by atoms with Crippen molar-refractivity contribution in [2.45, 2.75) is 6.92 Å². The molecule has 1 N–H and O–H groups in total. The Hall–Kier alpha value is -2.91. The van der Waals surface area contributed by atoms with Crippen LogP contribution < -0.4 is 5.32 Å². The third kappa shape index (κ3) is 4.78. The molecule has 0 fully saturated rings. The number of rotatable bonds is 4. The standard InChI is InChI=1S/C21H17ClN2O/c1-15-2-9-20(10-3-15)24-21(25)13-12-19-11-6-17(14-23-19)16-4-7-18(22)8-5-16/h2-14H,1H3,(H,24,25)/b13-12+. The first-order valence-electron chi connectivity index (χ1n) is 7.88. The first-order valence-corrected chi connectivity index (χ1v) is 8.26. The molecule has 0 unspecified atom stereocenters. The van der Waals surface area contributed by atoms with Gasteiger partial charge in [0.1, 0.15) is 0 Å². The summed E-state index contributed by atoms with van der Waals surface area (Å²) in [4.78, 5) is 16.3. The number of anilines is 1. The van der Waals surface area contributed by atoms with Gasteiger partial charge in [0.05, 0.1) is 5.69 Å². The molecule has 0 bridgehead atoms. The van der Waals surface area contributed by atoms with Crippen molar-refractivity contribution in [1.82, 2.24) is 4.98 Å². The zero-order chi connectivity index (χ0) is 17.6. The molecule has 1 heterocycles. The number of aryl methyl sites for hydroxylation is 1. The predicted molar refractivity (Wildman–Crippen MR) is 104 cm³/mol. The van der Waals surface area contributed by atoms with E-state index in [1.807, 2.05) is 67.6 Å². The Balaban J connectivity index is 1.64. The van der Waals surface area contributed by atoms with Gasteiger partial charge in [-0.2, -0.15) is 0 Å². The van der Waals surface area contributed by atoms with Crippen LogP contribution in [-0.2, 0) is 4.79 Å². The number of hydrogen-bond acceptors (Lipinski definition) is 2. The van der Waals surface area contributed by atoms with Crippen LogP contribution in [0.5, 0.6) is 0 Å². The summed E-state index contributed by atoms with van der Waals surface area (Å²) in [6, 6.07) is 19.1. The topological polar surface area (TPSA) is 42.0 Å². The van der Waals surface area contributed by atoms with Crippen molar-refractivity contribution < 1.29 is 4.79 Å². The Morgan fingerprint density at radius 3 is 2.28 bits per heavy atom. The van der Waals surface area contributed by atoms with E-state index >= 15 is 0 Å². The molecule has 0 aliphatic rings. The predicted octanol–water partition coefficient (Wildman–Crippen LogP) is 5.36. The van der Waals surface area contributed by atoms with Crippen LogP contribution in [0.2, 0.25) is 5.02 Å².